The Morgan fingerprint density at radius 2 is 1.67 bits per heavy atom. The number of aromatic nitrogens is 2. The molecule has 186 valence electrons. The van der Waals surface area contributed by atoms with Gasteiger partial charge >= 0.3 is 0 Å². The second-order valence-corrected chi connectivity index (χ2v) is 8.85. The molecule has 36 heavy (non-hydrogen) atoms. The predicted molar refractivity (Wildman–Crippen MR) is 133 cm³/mol. The van der Waals surface area contributed by atoms with Crippen LogP contribution in [0.15, 0.2) is 36.4 Å². The zero-order chi connectivity index (χ0) is 25.6. The van der Waals surface area contributed by atoms with Gasteiger partial charge in [-0.25, -0.2) is 4.68 Å². The van der Waals surface area contributed by atoms with Crippen LogP contribution >= 0.6 is 0 Å². The van der Waals surface area contributed by atoms with Crippen molar-refractivity contribution in [2.45, 2.75) is 26.2 Å². The molecule has 10 nitrogen and oxygen atoms in total. The van der Waals surface area contributed by atoms with E-state index in [0.717, 1.165) is 23.4 Å². The third-order valence-corrected chi connectivity index (χ3v) is 6.69. The molecule has 0 aliphatic carbocycles. The average molecular weight is 490 g/mol. The van der Waals surface area contributed by atoms with Crippen molar-refractivity contribution in [3.05, 3.63) is 58.9 Å². The number of rotatable bonds is 6. The van der Waals surface area contributed by atoms with Crippen molar-refractivity contribution in [1.82, 2.24) is 9.78 Å². The molecular weight excluding hydrogens is 462 g/mol. The number of fused-ring (bicyclic) bond motifs is 1. The summed E-state index contributed by atoms with van der Waals surface area (Å²) >= 11 is 0. The molecule has 3 aromatic rings. The van der Waals surface area contributed by atoms with Crippen molar-refractivity contribution in [1.29, 1.82) is 0 Å². The zero-order valence-electron chi connectivity index (χ0n) is 20.4. The fourth-order valence-electron chi connectivity index (χ4n) is 4.92. The van der Waals surface area contributed by atoms with Crippen LogP contribution in [-0.4, -0.2) is 54.8 Å². The van der Waals surface area contributed by atoms with Gasteiger partial charge in [-0.15, -0.1) is 0 Å². The summed E-state index contributed by atoms with van der Waals surface area (Å²) in [5, 5.41) is 4.43. The minimum Gasteiger partial charge on any atom is -0.497 e. The maximum atomic E-state index is 13.9. The molecule has 5 rings (SSSR count). The fraction of sp³-hybridized carbons (Fsp3) is 0.308. The van der Waals surface area contributed by atoms with Crippen molar-refractivity contribution < 1.29 is 23.9 Å². The summed E-state index contributed by atoms with van der Waals surface area (Å²) in [5.41, 5.74) is 9.41. The number of nitrogens with two attached hydrogens (primary N) is 1. The molecule has 2 aliphatic rings. The van der Waals surface area contributed by atoms with E-state index in [0.29, 0.717) is 48.7 Å². The van der Waals surface area contributed by atoms with E-state index in [1.54, 1.807) is 28.0 Å². The van der Waals surface area contributed by atoms with Crippen LogP contribution in [0.2, 0.25) is 0 Å². The van der Waals surface area contributed by atoms with Crippen LogP contribution < -0.4 is 25.0 Å². The van der Waals surface area contributed by atoms with Crippen LogP contribution in [0.1, 0.15) is 44.9 Å². The van der Waals surface area contributed by atoms with Crippen LogP contribution in [0.5, 0.6) is 11.5 Å². The highest BCUT2D eigenvalue weighted by atomic mass is 16.5. The van der Waals surface area contributed by atoms with E-state index in [-0.39, 0.29) is 23.2 Å². The van der Waals surface area contributed by atoms with Crippen molar-refractivity contribution >= 4 is 29.1 Å². The van der Waals surface area contributed by atoms with Crippen LogP contribution in [0.25, 0.3) is 5.69 Å². The Labute approximate surface area is 208 Å². The lowest BCUT2D eigenvalue weighted by molar-refractivity contribution is -0.117. The number of nitrogens with zero attached hydrogens (tertiary/aromatic N) is 4. The van der Waals surface area contributed by atoms with Gasteiger partial charge in [0.2, 0.25) is 5.91 Å². The molecule has 1 fully saturated rings. The number of carbonyl (C=O) groups is 3. The van der Waals surface area contributed by atoms with Crippen molar-refractivity contribution in [3.8, 4) is 17.2 Å². The Morgan fingerprint density at radius 1 is 0.944 bits per heavy atom. The molecule has 0 bridgehead atoms. The van der Waals surface area contributed by atoms with Gasteiger partial charge in [-0.3, -0.25) is 14.4 Å². The fourth-order valence-corrected chi connectivity index (χ4v) is 4.92. The SMILES string of the molecule is COc1cc(OC)cc(-n2nc(C(N)=O)c3c2C(=O)N(c2ccc(N4CCCC4=O)cc2C)CC3)c1. The molecule has 1 saturated heterocycles. The molecule has 0 radical (unpaired) electrons. The first-order chi connectivity index (χ1) is 17.3. The molecule has 0 saturated carbocycles. The Bertz CT molecular complexity index is 1370. The quantitative estimate of drug-likeness (QED) is 0.568. The largest absolute Gasteiger partial charge is 0.497 e. The number of ether oxygens (including phenoxy) is 2. The molecule has 2 aromatic carbocycles. The molecule has 0 atom stereocenters. The lowest BCUT2D eigenvalue weighted by Gasteiger charge is -2.29. The number of benzene rings is 2. The van der Waals surface area contributed by atoms with Crippen molar-refractivity contribution in [3.63, 3.8) is 0 Å². The van der Waals surface area contributed by atoms with E-state index in [9.17, 15) is 14.4 Å². The molecule has 2 aliphatic heterocycles. The number of amides is 3. The van der Waals surface area contributed by atoms with E-state index in [1.165, 1.54) is 18.9 Å². The highest BCUT2D eigenvalue weighted by Gasteiger charge is 2.35. The Balaban J connectivity index is 1.58. The van der Waals surface area contributed by atoms with Crippen LogP contribution in [-0.2, 0) is 11.2 Å². The summed E-state index contributed by atoms with van der Waals surface area (Å²) in [6.45, 7) is 2.98. The maximum absolute atomic E-state index is 13.9. The van der Waals surface area contributed by atoms with Gasteiger partial charge in [0.05, 0.1) is 19.9 Å². The first-order valence-electron chi connectivity index (χ1n) is 11.7. The second kappa shape index (κ2) is 9.03. The zero-order valence-corrected chi connectivity index (χ0v) is 20.4. The Morgan fingerprint density at radius 3 is 2.25 bits per heavy atom. The third kappa shape index (κ3) is 3.84. The summed E-state index contributed by atoms with van der Waals surface area (Å²) in [6.07, 6.45) is 1.80. The highest BCUT2D eigenvalue weighted by Crippen LogP contribution is 2.34. The molecule has 3 heterocycles. The monoisotopic (exact) mass is 489 g/mol. The number of carbonyl (C=O) groups excluding carboxylic acids is 3. The average Bonchev–Trinajstić information content (AvgIpc) is 3.48. The molecule has 1 aromatic heterocycles. The summed E-state index contributed by atoms with van der Waals surface area (Å²) in [4.78, 5) is 41.7. The summed E-state index contributed by atoms with van der Waals surface area (Å²) in [6, 6.07) is 10.8. The second-order valence-electron chi connectivity index (χ2n) is 8.85. The lowest BCUT2D eigenvalue weighted by Crippen LogP contribution is -2.39. The van der Waals surface area contributed by atoms with Crippen LogP contribution in [0.3, 0.4) is 0 Å². The number of aryl methyl sites for hydroxylation is 1. The smallest absolute Gasteiger partial charge is 0.277 e. The minimum atomic E-state index is -0.697. The number of methoxy groups -OCH3 is 2. The summed E-state index contributed by atoms with van der Waals surface area (Å²) in [7, 11) is 3.06. The lowest BCUT2D eigenvalue weighted by atomic mass is 10.0. The van der Waals surface area contributed by atoms with E-state index in [2.05, 4.69) is 5.10 Å². The van der Waals surface area contributed by atoms with Gasteiger partial charge in [0.15, 0.2) is 5.69 Å². The van der Waals surface area contributed by atoms with Gasteiger partial charge in [-0.2, -0.15) is 5.10 Å². The number of hydrogen-bond donors (Lipinski definition) is 1. The standard InChI is InChI=1S/C26H27N5O5/c1-15-11-16(29-9-4-5-22(29)32)6-7-21(15)30-10-8-20-23(25(27)33)28-31(24(20)26(30)34)17-12-18(35-2)14-19(13-17)36-3/h6-7,11-14H,4-5,8-10H2,1-3H3,(H2,27,33). The number of hydrogen-bond acceptors (Lipinski definition) is 6. The van der Waals surface area contributed by atoms with Gasteiger partial charge in [0, 0.05) is 54.6 Å². The van der Waals surface area contributed by atoms with E-state index < -0.39 is 5.91 Å². The topological polar surface area (TPSA) is 120 Å². The van der Waals surface area contributed by atoms with Crippen molar-refractivity contribution in [2.75, 3.05) is 37.1 Å². The van der Waals surface area contributed by atoms with Gasteiger partial charge in [0.25, 0.3) is 11.8 Å². The minimum absolute atomic E-state index is 0.0689. The molecular formula is C26H27N5O5. The van der Waals surface area contributed by atoms with E-state index in [1.807, 2.05) is 25.1 Å². The summed E-state index contributed by atoms with van der Waals surface area (Å²) < 4.78 is 12.2. The van der Waals surface area contributed by atoms with Gasteiger partial charge in [0.1, 0.15) is 17.2 Å². The molecule has 0 spiro atoms. The Kier molecular flexibility index (Phi) is 5.87. The molecule has 2 N–H and O–H groups in total. The Hall–Kier alpha value is -4.34. The third-order valence-electron chi connectivity index (χ3n) is 6.69. The van der Waals surface area contributed by atoms with E-state index >= 15 is 0 Å². The molecule has 10 heteroatoms. The van der Waals surface area contributed by atoms with E-state index in [4.69, 9.17) is 15.2 Å². The number of anilines is 2. The summed E-state index contributed by atoms with van der Waals surface area (Å²) in [5.74, 6) is 0.134. The van der Waals surface area contributed by atoms with Crippen LogP contribution in [0, 0.1) is 6.92 Å². The molecule has 3 amide bonds. The van der Waals surface area contributed by atoms with Crippen molar-refractivity contribution in [2.24, 2.45) is 5.73 Å². The molecule has 0 unspecified atom stereocenters. The van der Waals surface area contributed by atoms with Gasteiger partial charge in [-0.05, 0) is 43.5 Å². The predicted octanol–water partition coefficient (Wildman–Crippen LogP) is 2.63. The van der Waals surface area contributed by atoms with Gasteiger partial charge in [-0.1, -0.05) is 0 Å². The first kappa shape index (κ1) is 23.4. The normalized spacial score (nSPS) is 15.3. The first-order valence-corrected chi connectivity index (χ1v) is 11.7. The van der Waals surface area contributed by atoms with Gasteiger partial charge < -0.3 is 25.0 Å². The number of primary amides is 1. The maximum Gasteiger partial charge on any atom is 0.277 e. The highest BCUT2D eigenvalue weighted by molar-refractivity contribution is 6.10. The van der Waals surface area contributed by atoms with Crippen LogP contribution in [0.4, 0.5) is 11.4 Å².